The SMILES string of the molecule is CC(NC1CC(c2ccccc2)C1)c1cccc2ccccc12. The molecular weight excluding hydrogens is 278 g/mol. The topological polar surface area (TPSA) is 12.0 Å². The van der Waals surface area contributed by atoms with Crippen molar-refractivity contribution in [1.29, 1.82) is 0 Å². The number of nitrogens with one attached hydrogen (secondary N) is 1. The molecule has 0 aliphatic heterocycles. The van der Waals surface area contributed by atoms with Gasteiger partial charge in [0.2, 0.25) is 0 Å². The quantitative estimate of drug-likeness (QED) is 0.677. The molecule has 4 rings (SSSR count). The predicted octanol–water partition coefficient (Wildman–Crippen LogP) is 5.44. The first-order valence-electron chi connectivity index (χ1n) is 8.60. The van der Waals surface area contributed by atoms with Crippen molar-refractivity contribution in [1.82, 2.24) is 5.32 Å². The average molecular weight is 301 g/mol. The highest BCUT2D eigenvalue weighted by molar-refractivity contribution is 5.86. The molecule has 1 saturated carbocycles. The van der Waals surface area contributed by atoms with Crippen molar-refractivity contribution in [2.45, 2.75) is 37.8 Å². The van der Waals surface area contributed by atoms with Crippen molar-refractivity contribution in [3.05, 3.63) is 83.9 Å². The lowest BCUT2D eigenvalue weighted by Gasteiger charge is -2.38. The van der Waals surface area contributed by atoms with E-state index >= 15 is 0 Å². The summed E-state index contributed by atoms with van der Waals surface area (Å²) in [7, 11) is 0. The van der Waals surface area contributed by atoms with Crippen LogP contribution in [0.4, 0.5) is 0 Å². The van der Waals surface area contributed by atoms with Crippen LogP contribution >= 0.6 is 0 Å². The molecule has 1 aliphatic carbocycles. The van der Waals surface area contributed by atoms with Gasteiger partial charge in [-0.3, -0.25) is 0 Å². The summed E-state index contributed by atoms with van der Waals surface area (Å²) in [5.41, 5.74) is 2.90. The molecule has 0 saturated heterocycles. The molecule has 0 radical (unpaired) electrons. The first-order valence-corrected chi connectivity index (χ1v) is 8.60. The highest BCUT2D eigenvalue weighted by atomic mass is 15.0. The van der Waals surface area contributed by atoms with E-state index in [1.54, 1.807) is 0 Å². The molecule has 1 atom stereocenters. The third-order valence-corrected chi connectivity index (χ3v) is 5.18. The van der Waals surface area contributed by atoms with Gasteiger partial charge in [0.25, 0.3) is 0 Å². The summed E-state index contributed by atoms with van der Waals surface area (Å²) in [6.07, 6.45) is 2.50. The predicted molar refractivity (Wildman–Crippen MR) is 97.7 cm³/mol. The third kappa shape index (κ3) is 2.89. The number of fused-ring (bicyclic) bond motifs is 1. The second-order valence-corrected chi connectivity index (χ2v) is 6.73. The van der Waals surface area contributed by atoms with Crippen molar-refractivity contribution >= 4 is 10.8 Å². The maximum absolute atomic E-state index is 3.82. The molecule has 1 unspecified atom stereocenters. The summed E-state index contributed by atoms with van der Waals surface area (Å²) >= 11 is 0. The van der Waals surface area contributed by atoms with Crippen LogP contribution in [0.5, 0.6) is 0 Å². The van der Waals surface area contributed by atoms with E-state index in [1.165, 1.54) is 34.7 Å². The molecule has 0 heterocycles. The van der Waals surface area contributed by atoms with Crippen LogP contribution in [0, 0.1) is 0 Å². The molecule has 3 aromatic carbocycles. The van der Waals surface area contributed by atoms with Crippen LogP contribution in [0.1, 0.15) is 42.9 Å². The molecule has 0 amide bonds. The van der Waals surface area contributed by atoms with E-state index in [9.17, 15) is 0 Å². The van der Waals surface area contributed by atoms with E-state index in [-0.39, 0.29) is 0 Å². The van der Waals surface area contributed by atoms with Crippen molar-refractivity contribution < 1.29 is 0 Å². The Morgan fingerprint density at radius 3 is 2.35 bits per heavy atom. The van der Waals surface area contributed by atoms with Crippen LogP contribution in [0.3, 0.4) is 0 Å². The Kier molecular flexibility index (Phi) is 3.88. The fourth-order valence-electron chi connectivity index (χ4n) is 3.82. The lowest BCUT2D eigenvalue weighted by molar-refractivity contribution is 0.271. The van der Waals surface area contributed by atoms with Gasteiger partial charge in [0.15, 0.2) is 0 Å². The first kappa shape index (κ1) is 14.5. The fraction of sp³-hybridized carbons (Fsp3) is 0.273. The van der Waals surface area contributed by atoms with Crippen LogP contribution in [0.15, 0.2) is 72.8 Å². The number of rotatable bonds is 4. The molecule has 23 heavy (non-hydrogen) atoms. The second kappa shape index (κ2) is 6.17. The smallest absolute Gasteiger partial charge is 0.0300 e. The Hall–Kier alpha value is -2.12. The van der Waals surface area contributed by atoms with Gasteiger partial charge in [0, 0.05) is 12.1 Å². The number of hydrogen-bond donors (Lipinski definition) is 1. The maximum Gasteiger partial charge on any atom is 0.0300 e. The minimum Gasteiger partial charge on any atom is -0.307 e. The Balaban J connectivity index is 1.44. The first-order chi connectivity index (χ1) is 11.3. The zero-order valence-electron chi connectivity index (χ0n) is 13.6. The summed E-state index contributed by atoms with van der Waals surface area (Å²) in [5, 5.41) is 6.52. The molecule has 0 aromatic heterocycles. The van der Waals surface area contributed by atoms with E-state index in [0.29, 0.717) is 12.1 Å². The summed E-state index contributed by atoms with van der Waals surface area (Å²) in [5.74, 6) is 0.730. The maximum atomic E-state index is 3.82. The summed E-state index contributed by atoms with van der Waals surface area (Å²) in [6.45, 7) is 2.29. The van der Waals surface area contributed by atoms with Crippen molar-refractivity contribution in [3.8, 4) is 0 Å². The van der Waals surface area contributed by atoms with E-state index < -0.39 is 0 Å². The van der Waals surface area contributed by atoms with Crippen LogP contribution in [-0.4, -0.2) is 6.04 Å². The minimum absolute atomic E-state index is 0.392. The van der Waals surface area contributed by atoms with Gasteiger partial charge < -0.3 is 5.32 Å². The molecular formula is C22H23N. The molecule has 0 spiro atoms. The van der Waals surface area contributed by atoms with Gasteiger partial charge >= 0.3 is 0 Å². The van der Waals surface area contributed by atoms with Gasteiger partial charge in [-0.25, -0.2) is 0 Å². The summed E-state index contributed by atoms with van der Waals surface area (Å²) in [6, 6.07) is 27.2. The number of benzene rings is 3. The average Bonchev–Trinajstić information content (AvgIpc) is 2.58. The standard InChI is InChI=1S/C22H23N/c1-16(21-13-7-11-18-10-5-6-12-22(18)21)23-20-14-19(15-20)17-8-3-2-4-9-17/h2-13,16,19-20,23H,14-15H2,1H3. The van der Waals surface area contributed by atoms with Crippen LogP contribution in [0.25, 0.3) is 10.8 Å². The van der Waals surface area contributed by atoms with Crippen molar-refractivity contribution in [3.63, 3.8) is 0 Å². The Morgan fingerprint density at radius 2 is 1.52 bits per heavy atom. The lowest BCUT2D eigenvalue weighted by Crippen LogP contribution is -2.41. The van der Waals surface area contributed by atoms with E-state index in [4.69, 9.17) is 0 Å². The third-order valence-electron chi connectivity index (χ3n) is 5.18. The van der Waals surface area contributed by atoms with Gasteiger partial charge in [-0.05, 0) is 47.6 Å². The molecule has 116 valence electrons. The molecule has 1 fully saturated rings. The summed E-state index contributed by atoms with van der Waals surface area (Å²) < 4.78 is 0. The Labute approximate surface area is 138 Å². The minimum atomic E-state index is 0.392. The van der Waals surface area contributed by atoms with Crippen LogP contribution < -0.4 is 5.32 Å². The van der Waals surface area contributed by atoms with Gasteiger partial charge in [0.05, 0.1) is 0 Å². The lowest BCUT2D eigenvalue weighted by atomic mass is 9.75. The van der Waals surface area contributed by atoms with Crippen LogP contribution in [0.2, 0.25) is 0 Å². The largest absolute Gasteiger partial charge is 0.307 e. The van der Waals surface area contributed by atoms with E-state index in [1.807, 2.05) is 0 Å². The van der Waals surface area contributed by atoms with E-state index in [2.05, 4.69) is 85.0 Å². The summed E-state index contributed by atoms with van der Waals surface area (Å²) in [4.78, 5) is 0. The van der Waals surface area contributed by atoms with Gasteiger partial charge in [0.1, 0.15) is 0 Å². The van der Waals surface area contributed by atoms with Crippen molar-refractivity contribution in [2.24, 2.45) is 0 Å². The molecule has 1 N–H and O–H groups in total. The number of hydrogen-bond acceptors (Lipinski definition) is 1. The highest BCUT2D eigenvalue weighted by Gasteiger charge is 2.31. The fourth-order valence-corrected chi connectivity index (χ4v) is 3.82. The Bertz CT molecular complexity index is 782. The van der Waals surface area contributed by atoms with Gasteiger partial charge in [-0.1, -0.05) is 72.8 Å². The Morgan fingerprint density at radius 1 is 0.826 bits per heavy atom. The van der Waals surface area contributed by atoms with Gasteiger partial charge in [-0.15, -0.1) is 0 Å². The monoisotopic (exact) mass is 301 g/mol. The molecule has 1 heteroatoms. The van der Waals surface area contributed by atoms with E-state index in [0.717, 1.165) is 5.92 Å². The zero-order valence-corrected chi connectivity index (χ0v) is 13.6. The normalized spacial score (nSPS) is 21.8. The second-order valence-electron chi connectivity index (χ2n) is 6.73. The molecule has 1 aliphatic rings. The van der Waals surface area contributed by atoms with Crippen LogP contribution in [-0.2, 0) is 0 Å². The highest BCUT2D eigenvalue weighted by Crippen LogP contribution is 2.38. The van der Waals surface area contributed by atoms with Gasteiger partial charge in [-0.2, -0.15) is 0 Å². The molecule has 3 aromatic rings. The molecule has 0 bridgehead atoms. The van der Waals surface area contributed by atoms with Crippen molar-refractivity contribution in [2.75, 3.05) is 0 Å². The zero-order chi connectivity index (χ0) is 15.6. The molecule has 1 nitrogen and oxygen atoms in total.